The number of hydrogen-bond acceptors (Lipinski definition) is 4. The Morgan fingerprint density at radius 1 is 1.25 bits per heavy atom. The molecule has 0 amide bonds. The highest BCUT2D eigenvalue weighted by Crippen LogP contribution is 2.19. The van der Waals surface area contributed by atoms with Crippen molar-refractivity contribution in [2.24, 2.45) is 4.99 Å². The molecule has 1 aliphatic heterocycles. The van der Waals surface area contributed by atoms with Crippen LogP contribution in [0, 0.1) is 6.92 Å². The van der Waals surface area contributed by atoms with E-state index in [2.05, 4.69) is 50.6 Å². The Hall–Kier alpha value is -2.76. The van der Waals surface area contributed by atoms with E-state index in [-0.39, 0.29) is 0 Å². The molecule has 1 saturated heterocycles. The van der Waals surface area contributed by atoms with Gasteiger partial charge in [0.15, 0.2) is 5.96 Å². The third kappa shape index (κ3) is 5.38. The third-order valence-electron chi connectivity index (χ3n) is 5.03. The van der Waals surface area contributed by atoms with Crippen molar-refractivity contribution in [3.63, 3.8) is 0 Å². The summed E-state index contributed by atoms with van der Waals surface area (Å²) in [4.78, 5) is 11.2. The third-order valence-corrected chi connectivity index (χ3v) is 5.03. The summed E-state index contributed by atoms with van der Waals surface area (Å²) in [6, 6.07) is 12.8. The zero-order valence-corrected chi connectivity index (χ0v) is 17.1. The second kappa shape index (κ2) is 9.97. The number of nitrogens with one attached hydrogen (secondary N) is 2. The van der Waals surface area contributed by atoms with Gasteiger partial charge >= 0.3 is 0 Å². The molecule has 3 rings (SSSR count). The summed E-state index contributed by atoms with van der Waals surface area (Å²) in [5.74, 6) is 2.87. The van der Waals surface area contributed by atoms with E-state index >= 15 is 0 Å². The summed E-state index contributed by atoms with van der Waals surface area (Å²) in [6.45, 7) is 7.52. The predicted octanol–water partition coefficient (Wildman–Crippen LogP) is 3.12. The van der Waals surface area contributed by atoms with E-state index in [0.717, 1.165) is 55.6 Å². The van der Waals surface area contributed by atoms with Crippen LogP contribution in [0.4, 0.5) is 5.82 Å². The minimum atomic E-state index is 0.424. The van der Waals surface area contributed by atoms with E-state index in [4.69, 9.17) is 4.74 Å². The van der Waals surface area contributed by atoms with Gasteiger partial charge in [-0.05, 0) is 56.0 Å². The summed E-state index contributed by atoms with van der Waals surface area (Å²) in [7, 11) is 1.82. The van der Waals surface area contributed by atoms with Crippen LogP contribution in [0.25, 0.3) is 0 Å². The molecule has 0 spiro atoms. The standard InChI is InChI=1S/C22H31N5O/c1-4-28-20-9-8-18(15-17(20)2)16-25-22(23-3)26-19-10-13-27(14-11-19)21-7-5-6-12-24-21/h5-9,12,15,19H,4,10-11,13-14,16H2,1-3H3,(H2,23,25,26). The van der Waals surface area contributed by atoms with Gasteiger partial charge in [0.2, 0.25) is 0 Å². The molecule has 0 saturated carbocycles. The molecule has 0 atom stereocenters. The topological polar surface area (TPSA) is 61.8 Å². The van der Waals surface area contributed by atoms with E-state index in [1.54, 1.807) is 0 Å². The van der Waals surface area contributed by atoms with Gasteiger partial charge in [-0.2, -0.15) is 0 Å². The van der Waals surface area contributed by atoms with Gasteiger partial charge in [-0.1, -0.05) is 18.2 Å². The van der Waals surface area contributed by atoms with Gasteiger partial charge in [0, 0.05) is 38.9 Å². The fraction of sp³-hybridized carbons (Fsp3) is 0.455. The van der Waals surface area contributed by atoms with Crippen LogP contribution in [0.2, 0.25) is 0 Å². The minimum absolute atomic E-state index is 0.424. The van der Waals surface area contributed by atoms with Crippen LogP contribution in [0.1, 0.15) is 30.9 Å². The monoisotopic (exact) mass is 381 g/mol. The maximum absolute atomic E-state index is 5.61. The molecule has 0 radical (unpaired) electrons. The first-order chi connectivity index (χ1) is 13.7. The van der Waals surface area contributed by atoms with Gasteiger partial charge in [-0.15, -0.1) is 0 Å². The second-order valence-corrected chi connectivity index (χ2v) is 7.05. The highest BCUT2D eigenvalue weighted by atomic mass is 16.5. The fourth-order valence-electron chi connectivity index (χ4n) is 3.51. The van der Waals surface area contributed by atoms with Crippen molar-refractivity contribution < 1.29 is 4.74 Å². The Bertz CT molecular complexity index is 770. The molecule has 28 heavy (non-hydrogen) atoms. The lowest BCUT2D eigenvalue weighted by Gasteiger charge is -2.33. The summed E-state index contributed by atoms with van der Waals surface area (Å²) >= 11 is 0. The number of piperidine rings is 1. The highest BCUT2D eigenvalue weighted by molar-refractivity contribution is 5.80. The number of aliphatic imine (C=N–C) groups is 1. The van der Waals surface area contributed by atoms with Gasteiger partial charge in [0.05, 0.1) is 6.61 Å². The van der Waals surface area contributed by atoms with Crippen LogP contribution in [-0.4, -0.2) is 43.7 Å². The zero-order valence-electron chi connectivity index (χ0n) is 17.1. The van der Waals surface area contributed by atoms with Crippen molar-refractivity contribution in [1.29, 1.82) is 0 Å². The van der Waals surface area contributed by atoms with Crippen molar-refractivity contribution in [3.05, 3.63) is 53.7 Å². The number of guanidine groups is 1. The smallest absolute Gasteiger partial charge is 0.191 e. The SMILES string of the molecule is CCOc1ccc(CNC(=NC)NC2CCN(c3ccccn3)CC2)cc1C. The van der Waals surface area contributed by atoms with E-state index in [1.807, 2.05) is 38.4 Å². The maximum Gasteiger partial charge on any atom is 0.191 e. The number of aromatic nitrogens is 1. The number of ether oxygens (including phenoxy) is 1. The number of nitrogens with zero attached hydrogens (tertiary/aromatic N) is 3. The average molecular weight is 382 g/mol. The number of anilines is 1. The van der Waals surface area contributed by atoms with Gasteiger partial charge in [-0.3, -0.25) is 4.99 Å². The first-order valence-electron chi connectivity index (χ1n) is 10.0. The van der Waals surface area contributed by atoms with E-state index in [9.17, 15) is 0 Å². The molecule has 2 N–H and O–H groups in total. The summed E-state index contributed by atoms with van der Waals surface area (Å²) < 4.78 is 5.61. The first kappa shape index (κ1) is 20.0. The number of rotatable bonds is 6. The van der Waals surface area contributed by atoms with Crippen molar-refractivity contribution >= 4 is 11.8 Å². The minimum Gasteiger partial charge on any atom is -0.494 e. The molecule has 2 aromatic rings. The fourth-order valence-corrected chi connectivity index (χ4v) is 3.51. The maximum atomic E-state index is 5.61. The molecular formula is C22H31N5O. The van der Waals surface area contributed by atoms with Gasteiger partial charge in [-0.25, -0.2) is 4.98 Å². The number of hydrogen-bond donors (Lipinski definition) is 2. The molecule has 1 fully saturated rings. The number of pyridine rings is 1. The molecular weight excluding hydrogens is 350 g/mol. The lowest BCUT2D eigenvalue weighted by molar-refractivity contribution is 0.338. The van der Waals surface area contributed by atoms with Crippen LogP contribution in [0.5, 0.6) is 5.75 Å². The average Bonchev–Trinajstić information content (AvgIpc) is 2.74. The van der Waals surface area contributed by atoms with Gasteiger partial charge < -0.3 is 20.3 Å². The molecule has 1 aromatic heterocycles. The van der Waals surface area contributed by atoms with Crippen LogP contribution in [-0.2, 0) is 6.54 Å². The van der Waals surface area contributed by atoms with Crippen LogP contribution >= 0.6 is 0 Å². The Balaban J connectivity index is 1.47. The lowest BCUT2D eigenvalue weighted by atomic mass is 10.1. The van der Waals surface area contributed by atoms with Gasteiger partial charge in [0.1, 0.15) is 11.6 Å². The summed E-state index contributed by atoms with van der Waals surface area (Å²) in [5, 5.41) is 6.99. The molecule has 6 nitrogen and oxygen atoms in total. The molecule has 1 aliphatic rings. The first-order valence-corrected chi connectivity index (χ1v) is 10.0. The Morgan fingerprint density at radius 3 is 2.71 bits per heavy atom. The molecule has 6 heteroatoms. The van der Waals surface area contributed by atoms with E-state index in [1.165, 1.54) is 5.56 Å². The van der Waals surface area contributed by atoms with Crippen LogP contribution in [0.15, 0.2) is 47.6 Å². The van der Waals surface area contributed by atoms with Crippen molar-refractivity contribution in [3.8, 4) is 5.75 Å². The van der Waals surface area contributed by atoms with Crippen LogP contribution in [0.3, 0.4) is 0 Å². The lowest BCUT2D eigenvalue weighted by Crippen LogP contribution is -2.48. The zero-order chi connectivity index (χ0) is 19.8. The Labute approximate surface area is 168 Å². The Morgan fingerprint density at radius 2 is 2.07 bits per heavy atom. The quantitative estimate of drug-likeness (QED) is 0.595. The number of aryl methyl sites for hydroxylation is 1. The van der Waals surface area contributed by atoms with E-state index in [0.29, 0.717) is 12.6 Å². The molecule has 1 aromatic carbocycles. The summed E-state index contributed by atoms with van der Waals surface area (Å²) in [6.07, 6.45) is 3.99. The predicted molar refractivity (Wildman–Crippen MR) is 115 cm³/mol. The highest BCUT2D eigenvalue weighted by Gasteiger charge is 2.20. The molecule has 0 aliphatic carbocycles. The van der Waals surface area contributed by atoms with Crippen molar-refractivity contribution in [1.82, 2.24) is 15.6 Å². The van der Waals surface area contributed by atoms with Crippen molar-refractivity contribution in [2.45, 2.75) is 39.3 Å². The normalized spacial score (nSPS) is 15.4. The van der Waals surface area contributed by atoms with Crippen molar-refractivity contribution in [2.75, 3.05) is 31.6 Å². The Kier molecular flexibility index (Phi) is 7.12. The van der Waals surface area contributed by atoms with E-state index < -0.39 is 0 Å². The second-order valence-electron chi connectivity index (χ2n) is 7.05. The van der Waals surface area contributed by atoms with Gasteiger partial charge in [0.25, 0.3) is 0 Å². The molecule has 0 unspecified atom stereocenters. The van der Waals surface area contributed by atoms with Crippen LogP contribution < -0.4 is 20.3 Å². The molecule has 0 bridgehead atoms. The summed E-state index contributed by atoms with van der Waals surface area (Å²) in [5.41, 5.74) is 2.37. The number of benzene rings is 1. The molecule has 2 heterocycles. The largest absolute Gasteiger partial charge is 0.494 e. The molecule has 150 valence electrons.